The maximum Gasteiger partial charge on any atom is 0.261 e. The SMILES string of the molecule is COc1ccc(NS(=O)(=O)c2ccc3c(c2)C(C)(C)C(=O)N3C)cc1Cl. The monoisotopic (exact) mass is 394 g/mol. The zero-order valence-corrected chi connectivity index (χ0v) is 16.4. The molecule has 1 heterocycles. The molecule has 0 saturated carbocycles. The van der Waals surface area contributed by atoms with Gasteiger partial charge in [-0.15, -0.1) is 0 Å². The molecule has 2 aromatic carbocycles. The van der Waals surface area contributed by atoms with Crippen LogP contribution in [-0.2, 0) is 20.2 Å². The van der Waals surface area contributed by atoms with Gasteiger partial charge in [-0.2, -0.15) is 0 Å². The molecular formula is C18H19ClN2O4S. The first-order chi connectivity index (χ1) is 12.1. The summed E-state index contributed by atoms with van der Waals surface area (Å²) < 4.78 is 33.1. The quantitative estimate of drug-likeness (QED) is 0.862. The second kappa shape index (κ2) is 6.17. The van der Waals surface area contributed by atoms with E-state index < -0.39 is 15.4 Å². The zero-order valence-electron chi connectivity index (χ0n) is 14.8. The molecule has 1 amide bonds. The third kappa shape index (κ3) is 2.91. The van der Waals surface area contributed by atoms with E-state index in [2.05, 4.69) is 4.72 Å². The fourth-order valence-corrected chi connectivity index (χ4v) is 4.40. The van der Waals surface area contributed by atoms with Crippen molar-refractivity contribution >= 4 is 38.9 Å². The van der Waals surface area contributed by atoms with E-state index in [1.54, 1.807) is 50.1 Å². The van der Waals surface area contributed by atoms with Crippen molar-refractivity contribution in [3.63, 3.8) is 0 Å². The van der Waals surface area contributed by atoms with Gasteiger partial charge in [-0.25, -0.2) is 8.42 Å². The summed E-state index contributed by atoms with van der Waals surface area (Å²) in [7, 11) is -0.672. The van der Waals surface area contributed by atoms with Crippen molar-refractivity contribution in [1.29, 1.82) is 0 Å². The molecule has 1 aliphatic heterocycles. The molecular weight excluding hydrogens is 376 g/mol. The van der Waals surface area contributed by atoms with Gasteiger partial charge >= 0.3 is 0 Å². The minimum absolute atomic E-state index is 0.0723. The first-order valence-electron chi connectivity index (χ1n) is 7.87. The summed E-state index contributed by atoms with van der Waals surface area (Å²) in [5.41, 5.74) is 0.940. The number of halogens is 1. The third-order valence-electron chi connectivity index (χ3n) is 4.56. The number of carbonyl (C=O) groups is 1. The molecule has 0 atom stereocenters. The molecule has 26 heavy (non-hydrogen) atoms. The van der Waals surface area contributed by atoms with Gasteiger partial charge in [0.05, 0.1) is 28.1 Å². The number of anilines is 2. The number of nitrogens with zero attached hydrogens (tertiary/aromatic N) is 1. The van der Waals surface area contributed by atoms with Gasteiger partial charge in [0.1, 0.15) is 5.75 Å². The van der Waals surface area contributed by atoms with Gasteiger partial charge in [-0.1, -0.05) is 11.6 Å². The number of hydrogen-bond acceptors (Lipinski definition) is 4. The fourth-order valence-electron chi connectivity index (χ4n) is 3.06. The highest BCUT2D eigenvalue weighted by Gasteiger charge is 2.42. The molecule has 0 radical (unpaired) electrons. The molecule has 0 saturated heterocycles. The van der Waals surface area contributed by atoms with Crippen LogP contribution >= 0.6 is 11.6 Å². The number of carbonyl (C=O) groups excluding carboxylic acids is 1. The van der Waals surface area contributed by atoms with Crippen LogP contribution in [0.25, 0.3) is 0 Å². The molecule has 1 aliphatic rings. The number of amides is 1. The average Bonchev–Trinajstić information content (AvgIpc) is 2.75. The van der Waals surface area contributed by atoms with Crippen LogP contribution in [0.1, 0.15) is 19.4 Å². The van der Waals surface area contributed by atoms with Crippen molar-refractivity contribution in [3.8, 4) is 5.75 Å². The molecule has 0 spiro atoms. The summed E-state index contributed by atoms with van der Waals surface area (Å²) in [6.45, 7) is 3.56. The van der Waals surface area contributed by atoms with E-state index in [0.717, 1.165) is 0 Å². The Bertz CT molecular complexity index is 1000. The standard InChI is InChI=1S/C18H19ClN2O4S/c1-18(2)13-10-12(6-7-15(13)21(3)17(18)22)26(23,24)20-11-5-8-16(25-4)14(19)9-11/h5-10,20H,1-4H3. The summed E-state index contributed by atoms with van der Waals surface area (Å²) in [5, 5.41) is 0.301. The largest absolute Gasteiger partial charge is 0.495 e. The van der Waals surface area contributed by atoms with Crippen LogP contribution in [0.4, 0.5) is 11.4 Å². The minimum Gasteiger partial charge on any atom is -0.495 e. The molecule has 2 aromatic rings. The Labute approximate surface area is 157 Å². The Hall–Kier alpha value is -2.25. The highest BCUT2D eigenvalue weighted by atomic mass is 35.5. The highest BCUT2D eigenvalue weighted by Crippen LogP contribution is 2.41. The molecule has 0 bridgehead atoms. The van der Waals surface area contributed by atoms with Crippen molar-refractivity contribution in [1.82, 2.24) is 0 Å². The van der Waals surface area contributed by atoms with Gasteiger partial charge in [0.15, 0.2) is 0 Å². The molecule has 6 nitrogen and oxygen atoms in total. The Kier molecular flexibility index (Phi) is 4.40. The van der Waals surface area contributed by atoms with Crippen LogP contribution in [0, 0.1) is 0 Å². The maximum atomic E-state index is 12.8. The number of fused-ring (bicyclic) bond motifs is 1. The Balaban J connectivity index is 1.98. The topological polar surface area (TPSA) is 75.7 Å². The molecule has 3 rings (SSSR count). The lowest BCUT2D eigenvalue weighted by molar-refractivity contribution is -0.121. The van der Waals surface area contributed by atoms with Crippen LogP contribution in [0.15, 0.2) is 41.3 Å². The van der Waals surface area contributed by atoms with Crippen LogP contribution in [0.2, 0.25) is 5.02 Å². The van der Waals surface area contributed by atoms with Crippen molar-refractivity contribution < 1.29 is 17.9 Å². The van der Waals surface area contributed by atoms with E-state index in [9.17, 15) is 13.2 Å². The number of likely N-dealkylation sites (N-methyl/N-ethyl adjacent to an activating group) is 1. The summed E-state index contributed by atoms with van der Waals surface area (Å²) >= 11 is 6.05. The molecule has 0 aliphatic carbocycles. The van der Waals surface area contributed by atoms with Gasteiger partial charge in [0.2, 0.25) is 5.91 Å². The minimum atomic E-state index is -3.84. The number of ether oxygens (including phenoxy) is 1. The second-order valence-corrected chi connectivity index (χ2v) is 8.71. The summed E-state index contributed by atoms with van der Waals surface area (Å²) in [5.74, 6) is 0.382. The first-order valence-corrected chi connectivity index (χ1v) is 9.73. The number of benzene rings is 2. The lowest BCUT2D eigenvalue weighted by atomic mass is 9.86. The fraction of sp³-hybridized carbons (Fsp3) is 0.278. The van der Waals surface area contributed by atoms with E-state index in [1.807, 2.05) is 0 Å². The van der Waals surface area contributed by atoms with E-state index in [0.29, 0.717) is 27.7 Å². The molecule has 0 unspecified atom stereocenters. The van der Waals surface area contributed by atoms with Gasteiger partial charge in [0, 0.05) is 12.7 Å². The number of methoxy groups -OCH3 is 1. The van der Waals surface area contributed by atoms with E-state index >= 15 is 0 Å². The smallest absolute Gasteiger partial charge is 0.261 e. The Morgan fingerprint density at radius 2 is 1.85 bits per heavy atom. The third-order valence-corrected chi connectivity index (χ3v) is 6.23. The lowest BCUT2D eigenvalue weighted by Crippen LogP contribution is -2.33. The van der Waals surface area contributed by atoms with Crippen molar-refractivity contribution in [2.75, 3.05) is 23.8 Å². The van der Waals surface area contributed by atoms with Crippen LogP contribution < -0.4 is 14.4 Å². The molecule has 0 fully saturated rings. The van der Waals surface area contributed by atoms with Crippen molar-refractivity contribution in [3.05, 3.63) is 47.0 Å². The van der Waals surface area contributed by atoms with E-state index in [1.165, 1.54) is 19.2 Å². The van der Waals surface area contributed by atoms with Gasteiger partial charge < -0.3 is 9.64 Å². The lowest BCUT2D eigenvalue weighted by Gasteiger charge is -2.17. The zero-order chi connectivity index (χ0) is 19.3. The normalized spacial score (nSPS) is 15.7. The summed E-state index contributed by atoms with van der Waals surface area (Å²) in [6, 6.07) is 9.31. The van der Waals surface area contributed by atoms with Crippen LogP contribution in [-0.4, -0.2) is 28.5 Å². The van der Waals surface area contributed by atoms with Crippen molar-refractivity contribution in [2.24, 2.45) is 0 Å². The van der Waals surface area contributed by atoms with Gasteiger partial charge in [-0.3, -0.25) is 9.52 Å². The maximum absolute atomic E-state index is 12.8. The molecule has 0 aromatic heterocycles. The predicted molar refractivity (Wildman–Crippen MR) is 102 cm³/mol. The van der Waals surface area contributed by atoms with Gasteiger partial charge in [0.25, 0.3) is 10.0 Å². The first kappa shape index (κ1) is 18.5. The summed E-state index contributed by atoms with van der Waals surface area (Å²) in [6.07, 6.45) is 0. The van der Waals surface area contributed by atoms with Gasteiger partial charge in [-0.05, 0) is 55.8 Å². The number of sulfonamides is 1. The predicted octanol–water partition coefficient (Wildman–Crippen LogP) is 3.40. The Morgan fingerprint density at radius 3 is 2.46 bits per heavy atom. The molecule has 1 N–H and O–H groups in total. The van der Waals surface area contributed by atoms with E-state index in [-0.39, 0.29) is 10.8 Å². The van der Waals surface area contributed by atoms with Crippen LogP contribution in [0.5, 0.6) is 5.75 Å². The average molecular weight is 395 g/mol. The number of rotatable bonds is 4. The molecule has 8 heteroatoms. The number of nitrogens with one attached hydrogen (secondary N) is 1. The van der Waals surface area contributed by atoms with Crippen molar-refractivity contribution in [2.45, 2.75) is 24.2 Å². The summed E-state index contributed by atoms with van der Waals surface area (Å²) in [4.78, 5) is 14.0. The highest BCUT2D eigenvalue weighted by molar-refractivity contribution is 7.92. The Morgan fingerprint density at radius 1 is 1.15 bits per heavy atom. The molecule has 138 valence electrons. The van der Waals surface area contributed by atoms with E-state index in [4.69, 9.17) is 16.3 Å². The van der Waals surface area contributed by atoms with Crippen LogP contribution in [0.3, 0.4) is 0 Å². The number of hydrogen-bond donors (Lipinski definition) is 1. The second-order valence-electron chi connectivity index (χ2n) is 6.62.